The molecule has 0 heterocycles. The van der Waals surface area contributed by atoms with Gasteiger partial charge in [0.1, 0.15) is 0 Å². The molecule has 27 heavy (non-hydrogen) atoms. The first-order valence-corrected chi connectivity index (χ1v) is 11.5. The maximum absolute atomic E-state index is 2.52. The van der Waals surface area contributed by atoms with Crippen LogP contribution in [0.5, 0.6) is 0 Å². The van der Waals surface area contributed by atoms with Crippen molar-refractivity contribution >= 4 is 0 Å². The van der Waals surface area contributed by atoms with Crippen molar-refractivity contribution < 1.29 is 0 Å². The summed E-state index contributed by atoms with van der Waals surface area (Å²) in [7, 11) is 0. The summed E-state index contributed by atoms with van der Waals surface area (Å²) in [6.07, 6.45) is 0. The lowest BCUT2D eigenvalue weighted by Gasteiger charge is -2.31. The molecule has 0 aliphatic rings. The van der Waals surface area contributed by atoms with Gasteiger partial charge < -0.3 is 0 Å². The normalized spacial score (nSPS) is 11.3. The van der Waals surface area contributed by atoms with Crippen LogP contribution in [0.4, 0.5) is 0 Å². The molecular formula is C27H52. The van der Waals surface area contributed by atoms with E-state index in [2.05, 4.69) is 96.1 Å². The predicted octanol–water partition coefficient (Wildman–Crippen LogP) is 9.99. The molecule has 1 aromatic carbocycles. The zero-order valence-electron chi connectivity index (χ0n) is 21.5. The van der Waals surface area contributed by atoms with E-state index in [-0.39, 0.29) is 0 Å². The van der Waals surface area contributed by atoms with Gasteiger partial charge in [0.15, 0.2) is 0 Å². The van der Waals surface area contributed by atoms with Gasteiger partial charge in [0.05, 0.1) is 0 Å². The Morgan fingerprint density at radius 1 is 0.407 bits per heavy atom. The zero-order valence-corrected chi connectivity index (χ0v) is 21.5. The summed E-state index contributed by atoms with van der Waals surface area (Å²) in [5.74, 6) is 3.81. The zero-order chi connectivity index (χ0) is 22.1. The minimum atomic E-state index is 0.594. The third-order valence-corrected chi connectivity index (χ3v) is 4.49. The second-order valence-electron chi connectivity index (χ2n) is 9.80. The van der Waals surface area contributed by atoms with Gasteiger partial charge in [0, 0.05) is 0 Å². The topological polar surface area (TPSA) is 0 Å². The molecule has 160 valence electrons. The third-order valence-electron chi connectivity index (χ3n) is 4.49. The maximum atomic E-state index is 2.52. The molecule has 0 aliphatic heterocycles. The van der Waals surface area contributed by atoms with E-state index in [0.717, 1.165) is 5.92 Å². The third kappa shape index (κ3) is 8.84. The van der Waals surface area contributed by atoms with E-state index in [1.807, 2.05) is 13.8 Å². The Hall–Kier alpha value is -0.780. The Morgan fingerprint density at radius 3 is 0.778 bits per heavy atom. The summed E-state index contributed by atoms with van der Waals surface area (Å²) in [6, 6.07) is 2.52. The monoisotopic (exact) mass is 376 g/mol. The van der Waals surface area contributed by atoms with Gasteiger partial charge in [-0.1, -0.05) is 110 Å². The molecule has 0 nitrogen and oxygen atoms in total. The first-order valence-electron chi connectivity index (χ1n) is 11.5. The predicted molar refractivity (Wildman–Crippen MR) is 129 cm³/mol. The summed E-state index contributed by atoms with van der Waals surface area (Å²) in [4.78, 5) is 0. The van der Waals surface area contributed by atoms with E-state index in [1.54, 1.807) is 27.8 Å². The van der Waals surface area contributed by atoms with Gasteiger partial charge in [-0.3, -0.25) is 0 Å². The first kappa shape index (κ1) is 28.4. The van der Waals surface area contributed by atoms with Crippen molar-refractivity contribution in [2.45, 2.75) is 133 Å². The minimum Gasteiger partial charge on any atom is -0.0683 e. The van der Waals surface area contributed by atoms with E-state index in [0.29, 0.717) is 29.6 Å². The molecule has 0 spiro atoms. The Balaban J connectivity index is 0. The first-order chi connectivity index (χ1) is 12.3. The van der Waals surface area contributed by atoms with Crippen molar-refractivity contribution in [1.29, 1.82) is 0 Å². The minimum absolute atomic E-state index is 0.594. The van der Waals surface area contributed by atoms with Gasteiger partial charge in [-0.2, -0.15) is 0 Å². The molecule has 0 amide bonds. The van der Waals surface area contributed by atoms with Crippen LogP contribution in [0.1, 0.15) is 161 Å². The van der Waals surface area contributed by atoms with E-state index in [4.69, 9.17) is 0 Å². The highest BCUT2D eigenvalue weighted by atomic mass is 14.3. The van der Waals surface area contributed by atoms with Crippen molar-refractivity contribution in [1.82, 2.24) is 0 Å². The van der Waals surface area contributed by atoms with Gasteiger partial charge in [-0.15, -0.1) is 0 Å². The van der Waals surface area contributed by atoms with E-state index < -0.39 is 0 Å². The second kappa shape index (κ2) is 13.4. The molecule has 0 fully saturated rings. The summed E-state index contributed by atoms with van der Waals surface area (Å²) in [6.45, 7) is 34.0. The van der Waals surface area contributed by atoms with Crippen LogP contribution in [0, 0.1) is 5.92 Å². The summed E-state index contributed by atoms with van der Waals surface area (Å²) < 4.78 is 0. The molecule has 0 aromatic heterocycles. The largest absolute Gasteiger partial charge is 0.0683 e. The van der Waals surface area contributed by atoms with Crippen LogP contribution in [0.3, 0.4) is 0 Å². The summed E-state index contributed by atoms with van der Waals surface area (Å²) in [5.41, 5.74) is 8.01. The fourth-order valence-corrected chi connectivity index (χ4v) is 3.65. The highest BCUT2D eigenvalue weighted by Gasteiger charge is 2.25. The van der Waals surface area contributed by atoms with E-state index in [1.165, 1.54) is 0 Å². The van der Waals surface area contributed by atoms with Crippen molar-refractivity contribution in [2.24, 2.45) is 5.92 Å². The van der Waals surface area contributed by atoms with Crippen LogP contribution in [-0.2, 0) is 0 Å². The van der Waals surface area contributed by atoms with Gasteiger partial charge in [0.2, 0.25) is 0 Å². The van der Waals surface area contributed by atoms with Crippen LogP contribution in [0.25, 0.3) is 0 Å². The molecular weight excluding hydrogens is 324 g/mol. The van der Waals surface area contributed by atoms with Gasteiger partial charge in [0.25, 0.3) is 0 Å². The highest BCUT2D eigenvalue weighted by molar-refractivity contribution is 5.52. The Kier molecular flexibility index (Phi) is 14.1. The molecule has 0 radical (unpaired) electrons. The molecule has 0 bridgehead atoms. The molecule has 1 aromatic rings. The summed E-state index contributed by atoms with van der Waals surface area (Å²) >= 11 is 0. The van der Waals surface area contributed by atoms with Gasteiger partial charge in [-0.25, -0.2) is 0 Å². The Labute approximate surface area is 173 Å². The molecule has 0 saturated heterocycles. The van der Waals surface area contributed by atoms with Crippen molar-refractivity contribution in [2.75, 3.05) is 0 Å². The SMILES string of the molecule is CC.CC(C)C.CC(C)c1cc(C(C)C)c(C(C)C)c(C(C)C)c1C(C)C. The van der Waals surface area contributed by atoms with E-state index >= 15 is 0 Å². The molecule has 0 heteroatoms. The van der Waals surface area contributed by atoms with Crippen LogP contribution in [0.15, 0.2) is 6.07 Å². The lowest BCUT2D eigenvalue weighted by atomic mass is 9.74. The van der Waals surface area contributed by atoms with Crippen molar-refractivity contribution in [3.63, 3.8) is 0 Å². The lowest BCUT2D eigenvalue weighted by Crippen LogP contribution is -2.14. The highest BCUT2D eigenvalue weighted by Crippen LogP contribution is 2.42. The van der Waals surface area contributed by atoms with E-state index in [9.17, 15) is 0 Å². The van der Waals surface area contributed by atoms with Crippen LogP contribution in [-0.4, -0.2) is 0 Å². The molecule has 0 N–H and O–H groups in total. The second-order valence-corrected chi connectivity index (χ2v) is 9.80. The smallest absolute Gasteiger partial charge is 0.0213 e. The average Bonchev–Trinajstić information content (AvgIpc) is 2.53. The molecule has 0 unspecified atom stereocenters. The lowest BCUT2D eigenvalue weighted by molar-refractivity contribution is 0.698. The summed E-state index contributed by atoms with van der Waals surface area (Å²) in [5, 5.41) is 0. The molecule has 1 rings (SSSR count). The number of benzene rings is 1. The Bertz CT molecular complexity index is 472. The maximum Gasteiger partial charge on any atom is -0.0213 e. The molecule has 0 atom stereocenters. The van der Waals surface area contributed by atoms with Crippen LogP contribution >= 0.6 is 0 Å². The van der Waals surface area contributed by atoms with Crippen molar-refractivity contribution in [3.8, 4) is 0 Å². The van der Waals surface area contributed by atoms with Crippen molar-refractivity contribution in [3.05, 3.63) is 33.9 Å². The van der Waals surface area contributed by atoms with Gasteiger partial charge in [-0.05, 0) is 63.3 Å². The number of hydrogen-bond donors (Lipinski definition) is 0. The fraction of sp³-hybridized carbons (Fsp3) is 0.778. The quantitative estimate of drug-likeness (QED) is 0.479. The molecule has 0 aliphatic carbocycles. The average molecular weight is 377 g/mol. The van der Waals surface area contributed by atoms with Crippen LogP contribution in [0.2, 0.25) is 0 Å². The van der Waals surface area contributed by atoms with Gasteiger partial charge >= 0.3 is 0 Å². The number of rotatable bonds is 5. The Morgan fingerprint density at radius 2 is 0.630 bits per heavy atom. The van der Waals surface area contributed by atoms with Crippen LogP contribution < -0.4 is 0 Å². The molecule has 0 saturated carbocycles. The number of hydrogen-bond acceptors (Lipinski definition) is 0. The standard InChI is InChI=1S/C21H36.C4H10.C2H6/c1-12(2)17-11-18(13(3)4)20(15(7)8)21(16(9)10)19(17)14(5)6;1-4(2)3;1-2/h11-16H,1-10H3;4H,1-3H3;1-2H3. The fourth-order valence-electron chi connectivity index (χ4n) is 3.65.